The van der Waals surface area contributed by atoms with Crippen LogP contribution in [-0.4, -0.2) is 62.5 Å². The molecule has 0 saturated carbocycles. The van der Waals surface area contributed by atoms with Gasteiger partial charge in [0.15, 0.2) is 6.04 Å². The van der Waals surface area contributed by atoms with Crippen molar-refractivity contribution in [3.05, 3.63) is 29.8 Å². The predicted octanol–water partition coefficient (Wildman–Crippen LogP) is 0.248. The SMILES string of the molecule is COC(=O)C1CC[NH+]([C@@H](C)C(=O)N(C)CC(=O)Nc2ccc(C)cc2)CC1. The monoisotopic (exact) mass is 376 g/mol. The van der Waals surface area contributed by atoms with Gasteiger partial charge in [0, 0.05) is 25.6 Å². The van der Waals surface area contributed by atoms with E-state index in [4.69, 9.17) is 4.74 Å². The van der Waals surface area contributed by atoms with Gasteiger partial charge in [-0.15, -0.1) is 0 Å². The maximum absolute atomic E-state index is 12.7. The number of carbonyl (C=O) groups is 3. The highest BCUT2D eigenvalue weighted by Gasteiger charge is 2.34. The van der Waals surface area contributed by atoms with Crippen molar-refractivity contribution in [3.63, 3.8) is 0 Å². The number of likely N-dealkylation sites (tertiary alicyclic amines) is 1. The lowest BCUT2D eigenvalue weighted by molar-refractivity contribution is -0.920. The first-order valence-corrected chi connectivity index (χ1v) is 9.35. The Bertz CT molecular complexity index is 666. The molecular weight excluding hydrogens is 346 g/mol. The number of esters is 1. The summed E-state index contributed by atoms with van der Waals surface area (Å²) in [6, 6.07) is 7.28. The lowest BCUT2D eigenvalue weighted by Gasteiger charge is -2.33. The molecule has 2 amide bonds. The van der Waals surface area contributed by atoms with Gasteiger partial charge in [0.2, 0.25) is 5.91 Å². The number of anilines is 1. The standard InChI is InChI=1S/C20H29N3O4/c1-14-5-7-17(8-6-14)21-18(24)13-22(3)19(25)15(2)23-11-9-16(10-12-23)20(26)27-4/h5-8,15-16H,9-13H2,1-4H3,(H,21,24)/p+1/t15-/m0/s1. The van der Waals surface area contributed by atoms with E-state index in [1.54, 1.807) is 7.05 Å². The van der Waals surface area contributed by atoms with E-state index in [2.05, 4.69) is 5.32 Å². The molecule has 7 nitrogen and oxygen atoms in total. The minimum Gasteiger partial charge on any atom is -0.469 e. The molecule has 2 N–H and O–H groups in total. The number of rotatable bonds is 6. The van der Waals surface area contributed by atoms with Gasteiger partial charge in [0.1, 0.15) is 0 Å². The van der Waals surface area contributed by atoms with E-state index in [1.165, 1.54) is 12.0 Å². The predicted molar refractivity (Wildman–Crippen MR) is 102 cm³/mol. The summed E-state index contributed by atoms with van der Waals surface area (Å²) in [4.78, 5) is 39.1. The van der Waals surface area contributed by atoms with E-state index in [9.17, 15) is 14.4 Å². The largest absolute Gasteiger partial charge is 0.469 e. The molecule has 0 aliphatic carbocycles. The zero-order chi connectivity index (χ0) is 20.0. The van der Waals surface area contributed by atoms with E-state index in [-0.39, 0.29) is 36.3 Å². The Morgan fingerprint density at radius 1 is 1.22 bits per heavy atom. The summed E-state index contributed by atoms with van der Waals surface area (Å²) in [6.07, 6.45) is 1.44. The molecule has 0 spiro atoms. The molecule has 1 aliphatic rings. The molecule has 1 aromatic carbocycles. The number of carbonyl (C=O) groups excluding carboxylic acids is 3. The molecule has 2 rings (SSSR count). The van der Waals surface area contributed by atoms with Crippen LogP contribution in [0.2, 0.25) is 0 Å². The summed E-state index contributed by atoms with van der Waals surface area (Å²) in [5, 5.41) is 2.81. The van der Waals surface area contributed by atoms with Gasteiger partial charge < -0.3 is 19.9 Å². The van der Waals surface area contributed by atoms with E-state index in [1.807, 2.05) is 38.1 Å². The molecule has 1 heterocycles. The zero-order valence-corrected chi connectivity index (χ0v) is 16.6. The number of hydrogen-bond donors (Lipinski definition) is 2. The van der Waals surface area contributed by atoms with Crippen LogP contribution in [0.4, 0.5) is 5.69 Å². The van der Waals surface area contributed by atoms with Crippen LogP contribution >= 0.6 is 0 Å². The van der Waals surface area contributed by atoms with Gasteiger partial charge in [-0.3, -0.25) is 14.4 Å². The second-order valence-electron chi connectivity index (χ2n) is 7.29. The van der Waals surface area contributed by atoms with E-state index >= 15 is 0 Å². The smallest absolute Gasteiger partial charge is 0.309 e. The maximum atomic E-state index is 12.7. The van der Waals surface area contributed by atoms with Crippen LogP contribution < -0.4 is 10.2 Å². The average Bonchev–Trinajstić information content (AvgIpc) is 2.68. The summed E-state index contributed by atoms with van der Waals surface area (Å²) in [6.45, 7) is 5.36. The van der Waals surface area contributed by atoms with Gasteiger partial charge in [0.25, 0.3) is 5.91 Å². The topological polar surface area (TPSA) is 80.2 Å². The molecule has 1 atom stereocenters. The van der Waals surface area contributed by atoms with Crippen molar-refractivity contribution in [2.45, 2.75) is 32.7 Å². The first kappa shape index (κ1) is 20.9. The minimum absolute atomic E-state index is 0.00904. The number of amides is 2. The fourth-order valence-electron chi connectivity index (χ4n) is 3.46. The van der Waals surface area contributed by atoms with Crippen LogP contribution in [-0.2, 0) is 19.1 Å². The third kappa shape index (κ3) is 5.79. The molecule has 148 valence electrons. The first-order chi connectivity index (χ1) is 12.8. The number of nitrogens with zero attached hydrogens (tertiary/aromatic N) is 1. The summed E-state index contributed by atoms with van der Waals surface area (Å²) in [7, 11) is 3.05. The Labute approximate surface area is 160 Å². The number of nitrogens with one attached hydrogen (secondary N) is 2. The summed E-state index contributed by atoms with van der Waals surface area (Å²) in [5.41, 5.74) is 1.84. The average molecular weight is 376 g/mol. The van der Waals surface area contributed by atoms with Gasteiger partial charge in [0.05, 0.1) is 32.7 Å². The normalized spacial score (nSPS) is 20.4. The van der Waals surface area contributed by atoms with Crippen molar-refractivity contribution in [3.8, 4) is 0 Å². The maximum Gasteiger partial charge on any atom is 0.309 e. The van der Waals surface area contributed by atoms with Gasteiger partial charge in [-0.2, -0.15) is 0 Å². The Hall–Kier alpha value is -2.41. The number of ether oxygens (including phenoxy) is 1. The van der Waals surface area contributed by atoms with Crippen molar-refractivity contribution in [2.75, 3.05) is 39.1 Å². The van der Waals surface area contributed by atoms with Crippen molar-refractivity contribution in [1.82, 2.24) is 4.90 Å². The fraction of sp³-hybridized carbons (Fsp3) is 0.550. The molecular formula is C20H30N3O4+. The number of hydrogen-bond acceptors (Lipinski definition) is 4. The highest BCUT2D eigenvalue weighted by atomic mass is 16.5. The number of benzene rings is 1. The molecule has 1 aliphatic heterocycles. The highest BCUT2D eigenvalue weighted by molar-refractivity contribution is 5.94. The third-order valence-electron chi connectivity index (χ3n) is 5.24. The Balaban J connectivity index is 1.82. The molecule has 7 heteroatoms. The Kier molecular flexibility index (Phi) is 7.36. The molecule has 0 unspecified atom stereocenters. The van der Waals surface area contributed by atoms with E-state index in [0.717, 1.165) is 42.1 Å². The van der Waals surface area contributed by atoms with Crippen molar-refractivity contribution in [2.24, 2.45) is 5.92 Å². The number of piperidine rings is 1. The first-order valence-electron chi connectivity index (χ1n) is 9.35. The Morgan fingerprint density at radius 2 is 1.81 bits per heavy atom. The molecule has 1 aromatic rings. The molecule has 27 heavy (non-hydrogen) atoms. The van der Waals surface area contributed by atoms with Crippen LogP contribution in [0, 0.1) is 12.8 Å². The quantitative estimate of drug-likeness (QED) is 0.698. The second kappa shape index (κ2) is 9.50. The molecule has 1 saturated heterocycles. The third-order valence-corrected chi connectivity index (χ3v) is 5.24. The van der Waals surface area contributed by atoms with Gasteiger partial charge in [-0.25, -0.2) is 0 Å². The minimum atomic E-state index is -0.249. The summed E-state index contributed by atoms with van der Waals surface area (Å²) >= 11 is 0. The van der Waals surface area contributed by atoms with Crippen molar-refractivity contribution < 1.29 is 24.0 Å². The lowest BCUT2D eigenvalue weighted by Crippen LogP contribution is -3.17. The number of aryl methyl sites for hydroxylation is 1. The van der Waals surface area contributed by atoms with Crippen molar-refractivity contribution >= 4 is 23.5 Å². The fourth-order valence-corrected chi connectivity index (χ4v) is 3.46. The van der Waals surface area contributed by atoms with Gasteiger partial charge >= 0.3 is 5.97 Å². The molecule has 0 bridgehead atoms. The van der Waals surface area contributed by atoms with Gasteiger partial charge in [-0.05, 0) is 26.0 Å². The molecule has 0 aromatic heterocycles. The lowest BCUT2D eigenvalue weighted by atomic mass is 9.96. The Morgan fingerprint density at radius 3 is 2.37 bits per heavy atom. The summed E-state index contributed by atoms with van der Waals surface area (Å²) < 4.78 is 4.80. The summed E-state index contributed by atoms with van der Waals surface area (Å²) in [5.74, 6) is -0.529. The van der Waals surface area contributed by atoms with Crippen LogP contribution in [0.5, 0.6) is 0 Å². The van der Waals surface area contributed by atoms with Crippen LogP contribution in [0.15, 0.2) is 24.3 Å². The van der Waals surface area contributed by atoms with E-state index in [0.29, 0.717) is 0 Å². The highest BCUT2D eigenvalue weighted by Crippen LogP contribution is 2.12. The van der Waals surface area contributed by atoms with E-state index < -0.39 is 0 Å². The van der Waals surface area contributed by atoms with Crippen molar-refractivity contribution in [1.29, 1.82) is 0 Å². The number of likely N-dealkylation sites (N-methyl/N-ethyl adjacent to an activating group) is 1. The number of quaternary nitrogens is 1. The number of methoxy groups -OCH3 is 1. The van der Waals surface area contributed by atoms with Gasteiger partial charge in [-0.1, -0.05) is 17.7 Å². The second-order valence-corrected chi connectivity index (χ2v) is 7.29. The van der Waals surface area contributed by atoms with Crippen LogP contribution in [0.3, 0.4) is 0 Å². The molecule has 0 radical (unpaired) electrons. The van der Waals surface area contributed by atoms with Crippen LogP contribution in [0.25, 0.3) is 0 Å². The molecule has 1 fully saturated rings. The zero-order valence-electron chi connectivity index (χ0n) is 16.6. The van der Waals surface area contributed by atoms with Crippen LogP contribution in [0.1, 0.15) is 25.3 Å².